The molecule has 0 aliphatic rings. The number of aromatic nitrogens is 4. The van der Waals surface area contributed by atoms with Crippen molar-refractivity contribution in [2.45, 2.75) is 20.0 Å². The first-order valence-corrected chi connectivity index (χ1v) is 15.9. The van der Waals surface area contributed by atoms with Gasteiger partial charge in [0.25, 0.3) is 5.97 Å². The molecule has 0 saturated carbocycles. The highest BCUT2D eigenvalue weighted by Crippen LogP contribution is 2.23. The fourth-order valence-electron chi connectivity index (χ4n) is 4.05. The number of hydrogen-bond acceptors (Lipinski definition) is 13. The molecule has 0 atom stereocenters. The first-order chi connectivity index (χ1) is 26.1. The van der Waals surface area contributed by atoms with Crippen LogP contribution in [0.1, 0.15) is 28.4 Å². The lowest BCUT2D eigenvalue weighted by Gasteiger charge is -2.19. The Hall–Kier alpha value is -7.28. The number of anilines is 2. The molecule has 294 valence electrons. The summed E-state index contributed by atoms with van der Waals surface area (Å²) in [6.07, 6.45) is 16.7. The normalized spacial score (nSPS) is 11.5. The van der Waals surface area contributed by atoms with Crippen molar-refractivity contribution in [2.24, 2.45) is 22.9 Å². The number of aromatic carboxylic acids is 1. The van der Waals surface area contributed by atoms with Crippen molar-refractivity contribution in [3.63, 3.8) is 0 Å². The smallest absolute Gasteiger partial charge is 0.337 e. The second-order valence-corrected chi connectivity index (χ2v) is 11.0. The molecule has 0 bridgehead atoms. The first kappa shape index (κ1) is 45.7. The maximum atomic E-state index is 14.2. The van der Waals surface area contributed by atoms with Crippen molar-refractivity contribution in [1.29, 1.82) is 0 Å². The van der Waals surface area contributed by atoms with Crippen LogP contribution in [0.15, 0.2) is 103 Å². The Morgan fingerprint density at radius 2 is 1.25 bits per heavy atom. The van der Waals surface area contributed by atoms with E-state index >= 15 is 0 Å². The van der Waals surface area contributed by atoms with Gasteiger partial charge in [-0.2, -0.15) is 0 Å². The zero-order valence-corrected chi connectivity index (χ0v) is 30.6. The molecular weight excluding hydrogens is 720 g/mol. The van der Waals surface area contributed by atoms with E-state index in [0.29, 0.717) is 41.0 Å². The topological polar surface area (TPSA) is 276 Å². The Balaban J connectivity index is 0.000000425. The number of nitrogens with zero attached hydrogens (tertiary/aromatic N) is 5. The summed E-state index contributed by atoms with van der Waals surface area (Å²) in [5.41, 5.74) is 23.8. The molecule has 19 heteroatoms. The lowest BCUT2D eigenvalue weighted by Crippen LogP contribution is -2.19. The molecule has 55 heavy (non-hydrogen) atoms. The van der Waals surface area contributed by atoms with Gasteiger partial charge in [0.2, 0.25) is 0 Å². The maximum absolute atomic E-state index is 14.2. The van der Waals surface area contributed by atoms with E-state index < -0.39 is 17.8 Å². The van der Waals surface area contributed by atoms with Crippen LogP contribution >= 0.6 is 0 Å². The van der Waals surface area contributed by atoms with Crippen molar-refractivity contribution < 1.29 is 38.2 Å². The van der Waals surface area contributed by atoms with E-state index in [9.17, 15) is 23.2 Å². The number of nitrogens with one attached hydrogen (secondary N) is 2. The summed E-state index contributed by atoms with van der Waals surface area (Å²) in [7, 11) is 5.07. The molecule has 12 N–H and O–H groups in total. The number of imidazole rings is 2. The predicted molar refractivity (Wildman–Crippen MR) is 205 cm³/mol. The molecule has 0 radical (unpaired) electrons. The molecule has 0 saturated heterocycles. The SMILES string of the molecule is CC(=O)O.CNc1ccc(F)c(CN(C)Cc2cc(NC)c(C(=O)O)cc2F)c1.N/C(C=O)=C\C=C(/N)n1ccnc1.N/C(C=O)=C\C=C(/N)n1ccnc1. The van der Waals surface area contributed by atoms with Crippen LogP contribution in [-0.4, -0.2) is 79.9 Å². The fourth-order valence-corrected chi connectivity index (χ4v) is 4.05. The van der Waals surface area contributed by atoms with Gasteiger partial charge in [0.15, 0.2) is 12.6 Å². The number of carbonyl (C=O) groups excluding carboxylic acids is 2. The number of aldehydes is 2. The van der Waals surface area contributed by atoms with E-state index in [4.69, 9.17) is 37.9 Å². The highest BCUT2D eigenvalue weighted by Gasteiger charge is 2.16. The molecule has 2 aromatic carbocycles. The van der Waals surface area contributed by atoms with Crippen LogP contribution in [0, 0.1) is 11.6 Å². The fraction of sp³-hybridized carbons (Fsp3) is 0.167. The number of hydrogen-bond donors (Lipinski definition) is 8. The van der Waals surface area contributed by atoms with Crippen molar-refractivity contribution in [3.05, 3.63) is 132 Å². The molecule has 4 rings (SSSR count). The number of halogens is 2. The third-order valence-electron chi connectivity index (χ3n) is 6.67. The average molecular weight is 766 g/mol. The van der Waals surface area contributed by atoms with Crippen LogP contribution in [-0.2, 0) is 27.5 Å². The number of benzene rings is 2. The van der Waals surface area contributed by atoms with Gasteiger partial charge in [0.05, 0.1) is 17.0 Å². The molecular formula is C36H45F2N11O6. The summed E-state index contributed by atoms with van der Waals surface area (Å²) in [5, 5.41) is 22.2. The number of carboxylic acid groups (broad SMARTS) is 2. The summed E-state index contributed by atoms with van der Waals surface area (Å²) in [6.45, 7) is 1.58. The number of carboxylic acids is 2. The second kappa shape index (κ2) is 24.1. The van der Waals surface area contributed by atoms with E-state index in [1.54, 1.807) is 84.8 Å². The lowest BCUT2D eigenvalue weighted by molar-refractivity contribution is -0.134. The van der Waals surface area contributed by atoms with Gasteiger partial charge in [-0.05, 0) is 61.7 Å². The van der Waals surface area contributed by atoms with Crippen molar-refractivity contribution >= 4 is 47.5 Å². The Kier molecular flexibility index (Phi) is 20.0. The van der Waals surface area contributed by atoms with Gasteiger partial charge in [0, 0.05) is 81.4 Å². The second-order valence-electron chi connectivity index (χ2n) is 11.0. The minimum atomic E-state index is -1.20. The van der Waals surface area contributed by atoms with Crippen LogP contribution < -0.4 is 33.6 Å². The summed E-state index contributed by atoms with van der Waals surface area (Å²) < 4.78 is 31.4. The van der Waals surface area contributed by atoms with E-state index in [0.717, 1.165) is 18.7 Å². The zero-order valence-electron chi connectivity index (χ0n) is 30.6. The molecule has 2 heterocycles. The van der Waals surface area contributed by atoms with E-state index in [1.165, 1.54) is 36.4 Å². The van der Waals surface area contributed by atoms with Gasteiger partial charge in [-0.3, -0.25) is 28.4 Å². The Bertz CT molecular complexity index is 1900. The van der Waals surface area contributed by atoms with Crippen LogP contribution in [0.5, 0.6) is 0 Å². The third-order valence-corrected chi connectivity index (χ3v) is 6.67. The number of nitrogens with two attached hydrogens (primary N) is 4. The molecule has 4 aromatic rings. The summed E-state index contributed by atoms with van der Waals surface area (Å²) >= 11 is 0. The number of aliphatic carboxylic acids is 1. The lowest BCUT2D eigenvalue weighted by atomic mass is 10.1. The Morgan fingerprint density at radius 3 is 1.64 bits per heavy atom. The van der Waals surface area contributed by atoms with E-state index in [2.05, 4.69) is 20.6 Å². The van der Waals surface area contributed by atoms with E-state index in [-0.39, 0.29) is 35.9 Å². The maximum Gasteiger partial charge on any atom is 0.337 e. The van der Waals surface area contributed by atoms with Gasteiger partial charge < -0.3 is 43.8 Å². The summed E-state index contributed by atoms with van der Waals surface area (Å²) in [6, 6.07) is 7.20. The van der Waals surface area contributed by atoms with Crippen LogP contribution in [0.2, 0.25) is 0 Å². The number of rotatable bonds is 13. The molecule has 0 amide bonds. The number of allylic oxidation sites excluding steroid dienone is 6. The number of carbonyl (C=O) groups is 4. The van der Waals surface area contributed by atoms with Gasteiger partial charge in [0.1, 0.15) is 35.9 Å². The van der Waals surface area contributed by atoms with Crippen molar-refractivity contribution in [1.82, 2.24) is 24.0 Å². The van der Waals surface area contributed by atoms with Gasteiger partial charge in [-0.1, -0.05) is 0 Å². The summed E-state index contributed by atoms with van der Waals surface area (Å²) in [4.78, 5) is 49.8. The minimum Gasteiger partial charge on any atom is -0.481 e. The quantitative estimate of drug-likeness (QED) is 0.0552. The molecule has 0 aliphatic heterocycles. The first-order valence-electron chi connectivity index (χ1n) is 15.9. The standard InChI is InChI=1S/C18H21F2N3O2.2C8H10N4O.C2H4O2/c1-21-13-4-5-15(19)11(6-13)9-23(3)10-12-7-17(22-2)14(18(24)25)8-16(12)20;2*9-7(5-13)1-2-8(10)12-4-3-11-6-12;1-2(3)4/h4-8,21-22H,9-10H2,1-3H3,(H,24,25);2*1-6H,9-10H2;1H3,(H,3,4)/b;2*7-1-,8-2+;. The highest BCUT2D eigenvalue weighted by atomic mass is 19.1. The average Bonchev–Trinajstić information content (AvgIpc) is 3.90. The predicted octanol–water partition coefficient (Wildman–Crippen LogP) is 2.83. The van der Waals surface area contributed by atoms with Gasteiger partial charge >= 0.3 is 5.97 Å². The molecule has 17 nitrogen and oxygen atoms in total. The molecule has 0 unspecified atom stereocenters. The molecule has 0 fully saturated rings. The monoisotopic (exact) mass is 765 g/mol. The van der Waals surface area contributed by atoms with Crippen LogP contribution in [0.4, 0.5) is 20.2 Å². The zero-order chi connectivity index (χ0) is 41.5. The van der Waals surface area contributed by atoms with Crippen LogP contribution in [0.3, 0.4) is 0 Å². The largest absolute Gasteiger partial charge is 0.481 e. The molecule has 0 spiro atoms. The summed E-state index contributed by atoms with van der Waals surface area (Å²) in [5.74, 6) is -2.07. The highest BCUT2D eigenvalue weighted by molar-refractivity contribution is 5.94. The van der Waals surface area contributed by atoms with Crippen molar-refractivity contribution in [2.75, 3.05) is 31.8 Å². The molecule has 0 aliphatic carbocycles. The minimum absolute atomic E-state index is 0.126. The van der Waals surface area contributed by atoms with Crippen molar-refractivity contribution in [3.8, 4) is 0 Å². The molecule has 2 aromatic heterocycles. The van der Waals surface area contributed by atoms with Gasteiger partial charge in [-0.25, -0.2) is 23.5 Å². The van der Waals surface area contributed by atoms with E-state index in [1.807, 2.05) is 0 Å². The third kappa shape index (κ3) is 17.2. The Labute approximate surface area is 315 Å². The van der Waals surface area contributed by atoms with Crippen LogP contribution in [0.25, 0.3) is 11.6 Å². The Morgan fingerprint density at radius 1 is 0.782 bits per heavy atom. The van der Waals surface area contributed by atoms with Gasteiger partial charge in [-0.15, -0.1) is 0 Å².